The first kappa shape index (κ1) is 13.7. The second-order valence-corrected chi connectivity index (χ2v) is 4.85. The van der Waals surface area contributed by atoms with Crippen LogP contribution >= 0.6 is 11.6 Å². The minimum atomic E-state index is 0.394. The van der Waals surface area contributed by atoms with Crippen LogP contribution < -0.4 is 4.74 Å². The number of hydrogen-bond acceptors (Lipinski definition) is 2. The van der Waals surface area contributed by atoms with Crippen LogP contribution in [0.4, 0.5) is 0 Å². The van der Waals surface area contributed by atoms with Gasteiger partial charge in [-0.2, -0.15) is 0 Å². The van der Waals surface area contributed by atoms with Gasteiger partial charge in [0.25, 0.3) is 0 Å². The van der Waals surface area contributed by atoms with Gasteiger partial charge >= 0.3 is 0 Å². The zero-order chi connectivity index (χ0) is 14.5. The van der Waals surface area contributed by atoms with Crippen LogP contribution in [0.2, 0.25) is 0 Å². The van der Waals surface area contributed by atoms with Gasteiger partial charge in [-0.1, -0.05) is 48.5 Å². The molecule has 0 spiro atoms. The number of alkyl halides is 1. The Bertz CT molecular complexity index is 728. The lowest BCUT2D eigenvalue weighted by Crippen LogP contribution is -1.92. The first-order valence-electron chi connectivity index (χ1n) is 6.69. The average molecular weight is 296 g/mol. The van der Waals surface area contributed by atoms with Crippen LogP contribution in [0.3, 0.4) is 0 Å². The molecule has 0 bridgehead atoms. The maximum absolute atomic E-state index is 6.04. The van der Waals surface area contributed by atoms with Gasteiger partial charge in [0.05, 0.1) is 12.1 Å². The van der Waals surface area contributed by atoms with Gasteiger partial charge in [0.1, 0.15) is 11.5 Å². The maximum Gasteiger partial charge on any atom is 0.150 e. The number of benzene rings is 2. The first-order valence-corrected chi connectivity index (χ1v) is 7.23. The smallest absolute Gasteiger partial charge is 0.150 e. The molecule has 2 nitrogen and oxygen atoms in total. The number of hydrogen-bond donors (Lipinski definition) is 0. The Morgan fingerprint density at radius 1 is 0.857 bits per heavy atom. The third-order valence-electron chi connectivity index (χ3n) is 3.21. The first-order chi connectivity index (χ1) is 10.4. The van der Waals surface area contributed by atoms with Gasteiger partial charge in [-0.25, -0.2) is 0 Å². The Morgan fingerprint density at radius 2 is 1.62 bits per heavy atom. The fourth-order valence-corrected chi connectivity index (χ4v) is 2.36. The molecule has 0 radical (unpaired) electrons. The highest BCUT2D eigenvalue weighted by molar-refractivity contribution is 6.17. The molecule has 3 aromatic rings. The predicted molar refractivity (Wildman–Crippen MR) is 85.7 cm³/mol. The number of pyridine rings is 1. The molecule has 0 aliphatic heterocycles. The van der Waals surface area contributed by atoms with Crippen molar-refractivity contribution < 1.29 is 4.74 Å². The Hall–Kier alpha value is -2.32. The van der Waals surface area contributed by atoms with Crippen LogP contribution in [0.1, 0.15) is 5.56 Å². The molecule has 0 saturated heterocycles. The molecule has 21 heavy (non-hydrogen) atoms. The largest absolute Gasteiger partial charge is 0.455 e. The standard InChI is InChI=1S/C18H14ClNO/c19-12-15-10-11-20-13-18(15)21-17-9-5-4-8-16(17)14-6-2-1-3-7-14/h1-11,13H,12H2. The van der Waals surface area contributed by atoms with Crippen molar-refractivity contribution in [2.45, 2.75) is 5.88 Å². The van der Waals surface area contributed by atoms with Gasteiger partial charge in [-0.3, -0.25) is 4.98 Å². The van der Waals surface area contributed by atoms with E-state index in [2.05, 4.69) is 17.1 Å². The third kappa shape index (κ3) is 3.06. The van der Waals surface area contributed by atoms with E-state index >= 15 is 0 Å². The lowest BCUT2D eigenvalue weighted by Gasteiger charge is -2.13. The van der Waals surface area contributed by atoms with Crippen molar-refractivity contribution in [2.75, 3.05) is 0 Å². The topological polar surface area (TPSA) is 22.1 Å². The van der Waals surface area contributed by atoms with Crippen molar-refractivity contribution in [1.82, 2.24) is 4.98 Å². The average Bonchev–Trinajstić information content (AvgIpc) is 2.57. The molecule has 0 aliphatic carbocycles. The molecule has 0 saturated carbocycles. The van der Waals surface area contributed by atoms with Gasteiger partial charge in [0.2, 0.25) is 0 Å². The molecule has 0 unspecified atom stereocenters. The summed E-state index contributed by atoms with van der Waals surface area (Å²) in [5.41, 5.74) is 3.08. The highest BCUT2D eigenvalue weighted by Gasteiger charge is 2.09. The highest BCUT2D eigenvalue weighted by Crippen LogP contribution is 2.34. The molecular formula is C18H14ClNO. The molecule has 0 atom stereocenters. The summed E-state index contributed by atoms with van der Waals surface area (Å²) in [6.07, 6.45) is 3.41. The van der Waals surface area contributed by atoms with Crippen LogP contribution in [0, 0.1) is 0 Å². The summed E-state index contributed by atoms with van der Waals surface area (Å²) in [6.45, 7) is 0. The van der Waals surface area contributed by atoms with E-state index in [9.17, 15) is 0 Å². The van der Waals surface area contributed by atoms with Gasteiger partial charge in [0, 0.05) is 17.3 Å². The normalized spacial score (nSPS) is 10.3. The molecular weight excluding hydrogens is 282 g/mol. The van der Waals surface area contributed by atoms with Crippen LogP contribution in [-0.2, 0) is 5.88 Å². The molecule has 3 heteroatoms. The zero-order valence-electron chi connectivity index (χ0n) is 11.4. The van der Waals surface area contributed by atoms with Crippen molar-refractivity contribution in [3.63, 3.8) is 0 Å². The molecule has 0 amide bonds. The summed E-state index contributed by atoms with van der Waals surface area (Å²) in [7, 11) is 0. The highest BCUT2D eigenvalue weighted by atomic mass is 35.5. The maximum atomic E-state index is 6.04. The van der Waals surface area contributed by atoms with Crippen LogP contribution in [0.5, 0.6) is 11.5 Å². The lowest BCUT2D eigenvalue weighted by molar-refractivity contribution is 0.477. The molecule has 104 valence electrons. The van der Waals surface area contributed by atoms with E-state index < -0.39 is 0 Å². The van der Waals surface area contributed by atoms with Crippen LogP contribution in [0.25, 0.3) is 11.1 Å². The molecule has 3 rings (SSSR count). The third-order valence-corrected chi connectivity index (χ3v) is 3.49. The Kier molecular flexibility index (Phi) is 4.17. The van der Waals surface area contributed by atoms with Crippen molar-refractivity contribution in [1.29, 1.82) is 0 Å². The monoisotopic (exact) mass is 295 g/mol. The molecule has 0 fully saturated rings. The van der Waals surface area contributed by atoms with E-state index in [4.69, 9.17) is 16.3 Å². The Morgan fingerprint density at radius 3 is 2.43 bits per heavy atom. The molecule has 0 N–H and O–H groups in total. The van der Waals surface area contributed by atoms with Gasteiger partial charge in [-0.05, 0) is 17.7 Å². The Balaban J connectivity index is 2.00. The van der Waals surface area contributed by atoms with Crippen LogP contribution in [-0.4, -0.2) is 4.98 Å². The lowest BCUT2D eigenvalue weighted by atomic mass is 10.0. The van der Waals surface area contributed by atoms with Gasteiger partial charge in [-0.15, -0.1) is 11.6 Å². The summed E-state index contributed by atoms with van der Waals surface area (Å²) < 4.78 is 6.04. The fourth-order valence-electron chi connectivity index (χ4n) is 2.14. The number of nitrogens with zero attached hydrogens (tertiary/aromatic N) is 1. The zero-order valence-corrected chi connectivity index (χ0v) is 12.1. The quantitative estimate of drug-likeness (QED) is 0.611. The van der Waals surface area contributed by atoms with Crippen molar-refractivity contribution in [3.05, 3.63) is 78.6 Å². The SMILES string of the molecule is ClCc1ccncc1Oc1ccccc1-c1ccccc1. The number of aromatic nitrogens is 1. The number of halogens is 1. The van der Waals surface area contributed by atoms with Gasteiger partial charge in [0.15, 0.2) is 0 Å². The predicted octanol–water partition coefficient (Wildman–Crippen LogP) is 5.28. The molecule has 1 heterocycles. The Labute approximate surface area is 129 Å². The van der Waals surface area contributed by atoms with E-state index in [0.29, 0.717) is 11.6 Å². The molecule has 1 aromatic heterocycles. The van der Waals surface area contributed by atoms with E-state index in [1.54, 1.807) is 12.4 Å². The minimum absolute atomic E-state index is 0.394. The summed E-state index contributed by atoms with van der Waals surface area (Å²) in [6, 6.07) is 20.0. The fraction of sp³-hybridized carbons (Fsp3) is 0.0556. The minimum Gasteiger partial charge on any atom is -0.455 e. The van der Waals surface area contributed by atoms with Crippen molar-refractivity contribution in [3.8, 4) is 22.6 Å². The second-order valence-electron chi connectivity index (χ2n) is 4.58. The van der Waals surface area contributed by atoms with E-state index in [0.717, 1.165) is 22.4 Å². The summed E-state index contributed by atoms with van der Waals surface area (Å²) in [5, 5.41) is 0. The summed E-state index contributed by atoms with van der Waals surface area (Å²) in [5.74, 6) is 1.88. The summed E-state index contributed by atoms with van der Waals surface area (Å²) in [4.78, 5) is 4.11. The van der Waals surface area contributed by atoms with E-state index in [1.807, 2.05) is 48.5 Å². The van der Waals surface area contributed by atoms with Crippen LogP contribution in [0.15, 0.2) is 73.1 Å². The van der Waals surface area contributed by atoms with Crippen molar-refractivity contribution in [2.24, 2.45) is 0 Å². The van der Waals surface area contributed by atoms with Crippen molar-refractivity contribution >= 4 is 11.6 Å². The summed E-state index contributed by atoms with van der Waals surface area (Å²) >= 11 is 5.95. The second kappa shape index (κ2) is 6.42. The molecule has 0 aliphatic rings. The van der Waals surface area contributed by atoms with E-state index in [1.165, 1.54) is 0 Å². The number of para-hydroxylation sites is 1. The molecule has 2 aromatic carbocycles. The number of rotatable bonds is 4. The van der Waals surface area contributed by atoms with E-state index in [-0.39, 0.29) is 0 Å². The number of ether oxygens (including phenoxy) is 1. The van der Waals surface area contributed by atoms with Gasteiger partial charge < -0.3 is 4.74 Å².